The molecular weight excluding hydrogens is 465 g/mol. The zero-order valence-electron chi connectivity index (χ0n) is 16.7. The summed E-state index contributed by atoms with van der Waals surface area (Å²) in [5.74, 6) is -0.574. The largest absolute Gasteiger partial charge is 0.416 e. The van der Waals surface area contributed by atoms with Crippen LogP contribution >= 0.6 is 11.3 Å². The third-order valence-corrected chi connectivity index (χ3v) is 7.13. The van der Waals surface area contributed by atoms with Gasteiger partial charge in [-0.05, 0) is 61.7 Å². The Bertz CT molecular complexity index is 1290. The van der Waals surface area contributed by atoms with Crippen LogP contribution in [0.4, 0.5) is 24.0 Å². The van der Waals surface area contributed by atoms with Crippen molar-refractivity contribution in [3.63, 3.8) is 0 Å². The Morgan fingerprint density at radius 2 is 1.94 bits per heavy atom. The number of fused-ring (bicyclic) bond motifs is 1. The van der Waals surface area contributed by atoms with E-state index in [0.29, 0.717) is 35.6 Å². The molecule has 0 aliphatic carbocycles. The molecule has 4 rings (SSSR count). The highest BCUT2D eigenvalue weighted by atomic mass is 32.2. The van der Waals surface area contributed by atoms with Crippen LogP contribution in [-0.2, 0) is 22.6 Å². The van der Waals surface area contributed by atoms with Crippen LogP contribution in [0.1, 0.15) is 32.9 Å². The van der Waals surface area contributed by atoms with Gasteiger partial charge in [-0.25, -0.2) is 8.42 Å². The number of rotatable bonds is 4. The van der Waals surface area contributed by atoms with Crippen LogP contribution in [0, 0.1) is 6.92 Å². The van der Waals surface area contributed by atoms with Gasteiger partial charge in [0.1, 0.15) is 5.01 Å². The molecule has 1 aliphatic rings. The highest BCUT2D eigenvalue weighted by molar-refractivity contribution is 7.93. The van der Waals surface area contributed by atoms with Crippen molar-refractivity contribution >= 4 is 38.1 Å². The maximum absolute atomic E-state index is 13.0. The third kappa shape index (κ3) is 4.46. The van der Waals surface area contributed by atoms with E-state index in [1.807, 2.05) is 0 Å². The van der Waals surface area contributed by atoms with E-state index in [4.69, 9.17) is 0 Å². The van der Waals surface area contributed by atoms with Crippen LogP contribution in [-0.4, -0.2) is 31.1 Å². The van der Waals surface area contributed by atoms with E-state index in [2.05, 4.69) is 14.9 Å². The quantitative estimate of drug-likeness (QED) is 0.600. The maximum Gasteiger partial charge on any atom is 0.416 e. The number of benzene rings is 2. The Labute approximate surface area is 186 Å². The molecule has 0 bridgehead atoms. The predicted molar refractivity (Wildman–Crippen MR) is 113 cm³/mol. The number of nitrogens with one attached hydrogen (secondary N) is 1. The number of carbonyl (C=O) groups is 1. The standard InChI is InChI=1S/C20H17F3N4O3S2/c1-12-24-25-19(31-12)26-32(29,30)16-7-8-17-13(11-16)5-3-9-27(17)18(28)14-4-2-6-15(10-14)20(21,22)23/h2,4,6-8,10-11H,3,5,9H2,1H3,(H,25,26). The Morgan fingerprint density at radius 1 is 1.16 bits per heavy atom. The number of aryl methyl sites for hydroxylation is 2. The van der Waals surface area contributed by atoms with Gasteiger partial charge in [-0.15, -0.1) is 10.2 Å². The fraction of sp³-hybridized carbons (Fsp3) is 0.250. The van der Waals surface area contributed by atoms with E-state index in [9.17, 15) is 26.4 Å². The maximum atomic E-state index is 13.0. The molecule has 2 aromatic carbocycles. The Morgan fingerprint density at radius 3 is 2.62 bits per heavy atom. The van der Waals surface area contributed by atoms with Gasteiger partial charge in [-0.3, -0.25) is 9.52 Å². The molecule has 0 unspecified atom stereocenters. The van der Waals surface area contributed by atoms with Crippen LogP contribution in [0.2, 0.25) is 0 Å². The lowest BCUT2D eigenvalue weighted by Crippen LogP contribution is -2.35. The molecule has 1 aromatic heterocycles. The molecule has 168 valence electrons. The summed E-state index contributed by atoms with van der Waals surface area (Å²) in [4.78, 5) is 14.4. The smallest absolute Gasteiger partial charge is 0.308 e. The van der Waals surface area contributed by atoms with Gasteiger partial charge in [0.05, 0.1) is 10.5 Å². The molecule has 2 heterocycles. The molecule has 7 nitrogen and oxygen atoms in total. The lowest BCUT2D eigenvalue weighted by atomic mass is 10.0. The molecule has 1 aliphatic heterocycles. The van der Waals surface area contributed by atoms with Crippen molar-refractivity contribution in [3.8, 4) is 0 Å². The second-order valence-electron chi connectivity index (χ2n) is 7.16. The summed E-state index contributed by atoms with van der Waals surface area (Å²) < 4.78 is 66.9. The van der Waals surface area contributed by atoms with E-state index in [0.717, 1.165) is 23.5 Å². The first-order valence-electron chi connectivity index (χ1n) is 9.49. The van der Waals surface area contributed by atoms with Crippen LogP contribution in [0.3, 0.4) is 0 Å². The molecule has 0 spiro atoms. The highest BCUT2D eigenvalue weighted by Gasteiger charge is 2.32. The fourth-order valence-electron chi connectivity index (χ4n) is 3.45. The molecule has 3 aromatic rings. The van der Waals surface area contributed by atoms with Gasteiger partial charge in [0, 0.05) is 17.8 Å². The first kappa shape index (κ1) is 22.2. The lowest BCUT2D eigenvalue weighted by molar-refractivity contribution is -0.137. The average Bonchev–Trinajstić information content (AvgIpc) is 3.15. The summed E-state index contributed by atoms with van der Waals surface area (Å²) in [6.07, 6.45) is -3.48. The molecular formula is C20H17F3N4O3S2. The van der Waals surface area contributed by atoms with Crippen molar-refractivity contribution in [1.82, 2.24) is 10.2 Å². The average molecular weight is 483 g/mol. The van der Waals surface area contributed by atoms with E-state index in [-0.39, 0.29) is 15.6 Å². The van der Waals surface area contributed by atoms with Crippen molar-refractivity contribution in [2.24, 2.45) is 0 Å². The zero-order chi connectivity index (χ0) is 23.1. The molecule has 12 heteroatoms. The lowest BCUT2D eigenvalue weighted by Gasteiger charge is -2.30. The van der Waals surface area contributed by atoms with E-state index >= 15 is 0 Å². The number of hydrogen-bond acceptors (Lipinski definition) is 6. The number of nitrogens with zero attached hydrogens (tertiary/aromatic N) is 3. The van der Waals surface area contributed by atoms with Crippen LogP contribution in [0.25, 0.3) is 0 Å². The van der Waals surface area contributed by atoms with Gasteiger partial charge in [-0.2, -0.15) is 13.2 Å². The number of hydrogen-bond donors (Lipinski definition) is 1. The SMILES string of the molecule is Cc1nnc(NS(=O)(=O)c2ccc3c(c2)CCCN3C(=O)c2cccc(C(F)(F)F)c2)s1. The molecule has 1 N–H and O–H groups in total. The zero-order valence-corrected chi connectivity index (χ0v) is 18.3. The first-order chi connectivity index (χ1) is 15.0. The molecule has 0 saturated carbocycles. The minimum Gasteiger partial charge on any atom is -0.308 e. The van der Waals surface area contributed by atoms with Gasteiger partial charge in [0.15, 0.2) is 0 Å². The molecule has 1 amide bonds. The Balaban J connectivity index is 1.63. The molecule has 0 fully saturated rings. The Kier molecular flexibility index (Phi) is 5.67. The van der Waals surface area contributed by atoms with Crippen molar-refractivity contribution in [3.05, 3.63) is 64.2 Å². The third-order valence-electron chi connectivity index (χ3n) is 4.91. The topological polar surface area (TPSA) is 92.3 Å². The minimum atomic E-state index is -4.56. The molecule has 0 saturated heterocycles. The van der Waals surface area contributed by atoms with Crippen molar-refractivity contribution in [2.45, 2.75) is 30.8 Å². The summed E-state index contributed by atoms with van der Waals surface area (Å²) in [7, 11) is -3.92. The highest BCUT2D eigenvalue weighted by Crippen LogP contribution is 2.33. The number of carbonyl (C=O) groups excluding carboxylic acids is 1. The number of amides is 1. The Hall–Kier alpha value is -2.99. The number of halogens is 3. The molecule has 32 heavy (non-hydrogen) atoms. The van der Waals surface area contributed by atoms with Gasteiger partial charge in [0.2, 0.25) is 5.13 Å². The van der Waals surface area contributed by atoms with Gasteiger partial charge < -0.3 is 4.90 Å². The monoisotopic (exact) mass is 482 g/mol. The number of aromatic nitrogens is 2. The molecule has 0 radical (unpaired) electrons. The van der Waals surface area contributed by atoms with E-state index < -0.39 is 27.7 Å². The first-order valence-corrected chi connectivity index (χ1v) is 11.8. The summed E-state index contributed by atoms with van der Waals surface area (Å²) in [5, 5.41) is 8.27. The van der Waals surface area contributed by atoms with Crippen molar-refractivity contribution < 1.29 is 26.4 Å². The van der Waals surface area contributed by atoms with Gasteiger partial charge in [0.25, 0.3) is 15.9 Å². The second-order valence-corrected chi connectivity index (χ2v) is 10.0. The van der Waals surface area contributed by atoms with E-state index in [1.165, 1.54) is 35.2 Å². The minimum absolute atomic E-state index is 0.00234. The van der Waals surface area contributed by atoms with Crippen molar-refractivity contribution in [2.75, 3.05) is 16.2 Å². The van der Waals surface area contributed by atoms with Gasteiger partial charge >= 0.3 is 6.18 Å². The second kappa shape index (κ2) is 8.17. The molecule has 0 atom stereocenters. The summed E-state index contributed by atoms with van der Waals surface area (Å²) in [6.45, 7) is 2.01. The number of alkyl halides is 3. The summed E-state index contributed by atoms with van der Waals surface area (Å²) in [5.41, 5.74) is 0.106. The summed E-state index contributed by atoms with van der Waals surface area (Å²) >= 11 is 1.10. The number of anilines is 2. The van der Waals surface area contributed by atoms with Crippen LogP contribution in [0.5, 0.6) is 0 Å². The van der Waals surface area contributed by atoms with Crippen LogP contribution < -0.4 is 9.62 Å². The fourth-order valence-corrected chi connectivity index (χ4v) is 5.32. The van der Waals surface area contributed by atoms with Gasteiger partial charge in [-0.1, -0.05) is 17.4 Å². The van der Waals surface area contributed by atoms with Crippen molar-refractivity contribution in [1.29, 1.82) is 0 Å². The normalized spacial score (nSPS) is 14.2. The predicted octanol–water partition coefficient (Wildman–Crippen LogP) is 4.26. The summed E-state index contributed by atoms with van der Waals surface area (Å²) in [6, 6.07) is 8.58. The van der Waals surface area contributed by atoms with E-state index in [1.54, 1.807) is 6.92 Å². The number of sulfonamides is 1. The van der Waals surface area contributed by atoms with Crippen LogP contribution in [0.15, 0.2) is 47.4 Å².